The topological polar surface area (TPSA) is 118 Å². The fraction of sp³-hybridized carbons (Fsp3) is 0.450. The fourth-order valence-electron chi connectivity index (χ4n) is 3.73. The van der Waals surface area contributed by atoms with Gasteiger partial charge >= 0.3 is 6.18 Å². The van der Waals surface area contributed by atoms with Gasteiger partial charge in [0.05, 0.1) is 40.3 Å². The molecule has 184 valence electrons. The van der Waals surface area contributed by atoms with Gasteiger partial charge in [0.2, 0.25) is 15.9 Å². The Labute approximate surface area is 197 Å². The molecule has 1 saturated heterocycles. The fourth-order valence-corrected chi connectivity index (χ4v) is 6.20. The Balaban J connectivity index is 1.84. The van der Waals surface area contributed by atoms with Gasteiger partial charge in [-0.2, -0.15) is 13.2 Å². The highest BCUT2D eigenvalue weighted by molar-refractivity contribution is 7.89. The Morgan fingerprint density at radius 2 is 2.00 bits per heavy atom. The molecule has 2 aliphatic rings. The predicted octanol–water partition coefficient (Wildman–Crippen LogP) is 2.66. The standard InChI is InChI=1S/C20H21F3N4O5S2/c1-9-17(33-19(24-9)25-11(3)28)12-4-13-6-27(10(2)20(21,22)23)18(29)16(13)15(5-12)34(30,31)26-14-7-32-8-14/h4-5,10,14,26H,6-8H2,1-3H3,(H,24,25,28). The van der Waals surface area contributed by atoms with Gasteiger partial charge in [0.25, 0.3) is 5.91 Å². The van der Waals surface area contributed by atoms with Crippen LogP contribution in [-0.2, 0) is 26.1 Å². The monoisotopic (exact) mass is 518 g/mol. The smallest absolute Gasteiger partial charge is 0.378 e. The van der Waals surface area contributed by atoms with Crippen molar-refractivity contribution in [3.63, 3.8) is 0 Å². The van der Waals surface area contributed by atoms with E-state index in [2.05, 4.69) is 15.0 Å². The van der Waals surface area contributed by atoms with Crippen LogP contribution in [-0.4, -0.2) is 61.6 Å². The first-order valence-electron chi connectivity index (χ1n) is 10.2. The van der Waals surface area contributed by atoms with Crippen molar-refractivity contribution in [3.05, 3.63) is 29.0 Å². The van der Waals surface area contributed by atoms with Crippen LogP contribution < -0.4 is 10.0 Å². The number of fused-ring (bicyclic) bond motifs is 1. The van der Waals surface area contributed by atoms with Crippen molar-refractivity contribution in [1.82, 2.24) is 14.6 Å². The number of nitrogens with zero attached hydrogens (tertiary/aromatic N) is 2. The van der Waals surface area contributed by atoms with E-state index in [0.717, 1.165) is 18.3 Å². The van der Waals surface area contributed by atoms with Crippen LogP contribution in [0.1, 0.15) is 35.5 Å². The molecule has 1 aromatic carbocycles. The number of halogens is 3. The summed E-state index contributed by atoms with van der Waals surface area (Å²) in [6.07, 6.45) is -4.68. The molecule has 4 rings (SSSR count). The highest BCUT2D eigenvalue weighted by atomic mass is 32.2. The Kier molecular flexibility index (Phi) is 6.21. The number of rotatable bonds is 6. The Bertz CT molecular complexity index is 1270. The normalized spacial score (nSPS) is 17.5. The van der Waals surface area contributed by atoms with Gasteiger partial charge in [0.1, 0.15) is 6.04 Å². The third kappa shape index (κ3) is 4.54. The van der Waals surface area contributed by atoms with E-state index in [-0.39, 0.29) is 35.4 Å². The van der Waals surface area contributed by atoms with E-state index in [9.17, 15) is 31.2 Å². The van der Waals surface area contributed by atoms with E-state index in [1.807, 2.05) is 0 Å². The number of hydrogen-bond acceptors (Lipinski definition) is 7. The van der Waals surface area contributed by atoms with Crippen LogP contribution in [0.3, 0.4) is 0 Å². The van der Waals surface area contributed by atoms with E-state index in [0.29, 0.717) is 21.0 Å². The maximum atomic E-state index is 13.4. The molecule has 2 N–H and O–H groups in total. The number of amides is 2. The molecule has 0 aliphatic carbocycles. The molecule has 1 aromatic heterocycles. The molecule has 2 aliphatic heterocycles. The molecule has 14 heteroatoms. The first-order chi connectivity index (χ1) is 15.8. The molecule has 0 spiro atoms. The SMILES string of the molecule is CC(=O)Nc1nc(C)c(-c2cc3c(c(S(=O)(=O)NC4COC4)c2)C(=O)N(C(C)C(F)(F)F)C3)s1. The lowest BCUT2D eigenvalue weighted by molar-refractivity contribution is -0.172. The van der Waals surface area contributed by atoms with Gasteiger partial charge in [0, 0.05) is 13.5 Å². The number of aryl methyl sites for hydroxylation is 1. The molecule has 0 saturated carbocycles. The van der Waals surface area contributed by atoms with Crippen molar-refractivity contribution >= 4 is 38.3 Å². The number of anilines is 1. The van der Waals surface area contributed by atoms with E-state index in [1.165, 1.54) is 19.1 Å². The third-order valence-corrected chi connectivity index (χ3v) is 8.20. The number of benzene rings is 1. The predicted molar refractivity (Wildman–Crippen MR) is 117 cm³/mol. The van der Waals surface area contributed by atoms with Gasteiger partial charge in [-0.25, -0.2) is 18.1 Å². The summed E-state index contributed by atoms with van der Waals surface area (Å²) in [5.41, 5.74) is 0.738. The van der Waals surface area contributed by atoms with Gasteiger partial charge in [-0.1, -0.05) is 11.3 Å². The second-order valence-electron chi connectivity index (χ2n) is 8.13. The van der Waals surface area contributed by atoms with Crippen LogP contribution in [0.5, 0.6) is 0 Å². The van der Waals surface area contributed by atoms with E-state index < -0.39 is 45.6 Å². The van der Waals surface area contributed by atoms with Crippen molar-refractivity contribution in [2.75, 3.05) is 18.5 Å². The van der Waals surface area contributed by atoms with Gasteiger partial charge in [0.15, 0.2) is 5.13 Å². The zero-order valence-corrected chi connectivity index (χ0v) is 19.9. The first kappa shape index (κ1) is 24.6. The van der Waals surface area contributed by atoms with Gasteiger partial charge in [-0.05, 0) is 37.1 Å². The van der Waals surface area contributed by atoms with Crippen molar-refractivity contribution in [2.45, 2.75) is 50.5 Å². The average molecular weight is 519 g/mol. The lowest BCUT2D eigenvalue weighted by Gasteiger charge is -2.27. The number of nitrogens with one attached hydrogen (secondary N) is 2. The minimum Gasteiger partial charge on any atom is -0.378 e. The molecular weight excluding hydrogens is 497 g/mol. The van der Waals surface area contributed by atoms with E-state index in [1.54, 1.807) is 6.92 Å². The summed E-state index contributed by atoms with van der Waals surface area (Å²) >= 11 is 1.09. The second kappa shape index (κ2) is 8.59. The van der Waals surface area contributed by atoms with Crippen molar-refractivity contribution in [3.8, 4) is 10.4 Å². The molecule has 0 radical (unpaired) electrons. The van der Waals surface area contributed by atoms with Gasteiger partial charge < -0.3 is 15.0 Å². The van der Waals surface area contributed by atoms with Gasteiger partial charge in [-0.15, -0.1) is 0 Å². The Hall–Kier alpha value is -2.55. The molecule has 0 bridgehead atoms. The molecule has 2 aromatic rings. The number of sulfonamides is 1. The molecule has 9 nitrogen and oxygen atoms in total. The molecule has 1 fully saturated rings. The van der Waals surface area contributed by atoms with Crippen molar-refractivity contribution in [1.29, 1.82) is 0 Å². The summed E-state index contributed by atoms with van der Waals surface area (Å²) in [6, 6.07) is 0.163. The Morgan fingerprint density at radius 1 is 1.32 bits per heavy atom. The maximum Gasteiger partial charge on any atom is 0.408 e. The summed E-state index contributed by atoms with van der Waals surface area (Å²) < 4.78 is 74.0. The highest BCUT2D eigenvalue weighted by Gasteiger charge is 2.47. The number of alkyl halides is 3. The van der Waals surface area contributed by atoms with Gasteiger partial charge in [-0.3, -0.25) is 9.59 Å². The van der Waals surface area contributed by atoms with Crippen LogP contribution >= 0.6 is 11.3 Å². The van der Waals surface area contributed by atoms with Crippen molar-refractivity contribution < 1.29 is 35.9 Å². The largest absolute Gasteiger partial charge is 0.408 e. The summed E-state index contributed by atoms with van der Waals surface area (Å²) in [7, 11) is -4.26. The minimum absolute atomic E-state index is 0.153. The van der Waals surface area contributed by atoms with Crippen LogP contribution in [0.2, 0.25) is 0 Å². The zero-order valence-electron chi connectivity index (χ0n) is 18.3. The second-order valence-corrected chi connectivity index (χ2v) is 10.8. The Morgan fingerprint density at radius 3 is 2.56 bits per heavy atom. The number of carbonyl (C=O) groups is 2. The zero-order chi connectivity index (χ0) is 25.0. The maximum absolute atomic E-state index is 13.4. The summed E-state index contributed by atoms with van der Waals surface area (Å²) in [4.78, 5) is 29.4. The lowest BCUT2D eigenvalue weighted by atomic mass is 10.0. The number of aromatic nitrogens is 1. The summed E-state index contributed by atoms with van der Waals surface area (Å²) in [6.45, 7) is 3.74. The molecule has 1 atom stereocenters. The summed E-state index contributed by atoms with van der Waals surface area (Å²) in [5, 5.41) is 2.85. The number of thiazole rings is 1. The van der Waals surface area contributed by atoms with Crippen LogP contribution in [0.15, 0.2) is 17.0 Å². The molecule has 1 unspecified atom stereocenters. The van der Waals surface area contributed by atoms with Crippen molar-refractivity contribution in [2.24, 2.45) is 0 Å². The van der Waals surface area contributed by atoms with E-state index in [4.69, 9.17) is 4.74 Å². The quantitative estimate of drug-likeness (QED) is 0.607. The molecule has 2 amide bonds. The van der Waals surface area contributed by atoms with E-state index >= 15 is 0 Å². The molecule has 34 heavy (non-hydrogen) atoms. The van der Waals surface area contributed by atoms with Crippen LogP contribution in [0, 0.1) is 6.92 Å². The number of hydrogen-bond donors (Lipinski definition) is 2. The van der Waals surface area contributed by atoms with Crippen LogP contribution in [0.4, 0.5) is 18.3 Å². The highest BCUT2D eigenvalue weighted by Crippen LogP contribution is 2.40. The average Bonchev–Trinajstić information content (AvgIpc) is 3.21. The molecular formula is C20H21F3N4O5S2. The van der Waals surface area contributed by atoms with Crippen LogP contribution in [0.25, 0.3) is 10.4 Å². The summed E-state index contributed by atoms with van der Waals surface area (Å²) in [5.74, 6) is -1.34. The first-order valence-corrected chi connectivity index (χ1v) is 12.5. The molecule has 3 heterocycles. The lowest BCUT2D eigenvalue weighted by Crippen LogP contribution is -2.48. The number of ether oxygens (including phenoxy) is 1. The minimum atomic E-state index is -4.68. The number of carbonyl (C=O) groups excluding carboxylic acids is 2. The third-order valence-electron chi connectivity index (χ3n) is 5.53.